The Labute approximate surface area is 107 Å². The van der Waals surface area contributed by atoms with E-state index in [1.165, 1.54) is 6.92 Å². The number of hydrogen-bond acceptors (Lipinski definition) is 6. The van der Waals surface area contributed by atoms with Crippen molar-refractivity contribution in [1.29, 1.82) is 0 Å². The first kappa shape index (κ1) is 16.4. The molecule has 0 fully saturated rings. The summed E-state index contributed by atoms with van der Waals surface area (Å²) in [5, 5.41) is 0. The molecule has 0 aromatic carbocycles. The molecular weight excluding hydrogens is 240 g/mol. The van der Waals surface area contributed by atoms with Crippen LogP contribution in [-0.2, 0) is 28.6 Å². The maximum Gasteiger partial charge on any atom is 0.309 e. The molecule has 2 atom stereocenters. The monoisotopic (exact) mass is 260 g/mol. The predicted octanol–water partition coefficient (Wildman–Crippen LogP) is 1.21. The van der Waals surface area contributed by atoms with Crippen LogP contribution in [0.3, 0.4) is 0 Å². The molecule has 0 aromatic heterocycles. The molecule has 0 aliphatic heterocycles. The zero-order valence-electron chi connectivity index (χ0n) is 11.2. The molecule has 104 valence electrons. The van der Waals surface area contributed by atoms with Crippen LogP contribution < -0.4 is 0 Å². The lowest BCUT2D eigenvalue weighted by Crippen LogP contribution is -2.23. The molecule has 0 unspecified atom stereocenters. The van der Waals surface area contributed by atoms with Crippen molar-refractivity contribution in [3.8, 4) is 0 Å². The molecule has 0 aliphatic carbocycles. The molecule has 0 amide bonds. The normalized spacial score (nSPS) is 13.3. The largest absolute Gasteiger partial charge is 0.466 e. The van der Waals surface area contributed by atoms with Crippen molar-refractivity contribution in [1.82, 2.24) is 0 Å². The minimum Gasteiger partial charge on any atom is -0.466 e. The zero-order valence-corrected chi connectivity index (χ0v) is 11.2. The third-order valence-corrected chi connectivity index (χ3v) is 1.91. The van der Waals surface area contributed by atoms with Gasteiger partial charge in [-0.1, -0.05) is 0 Å². The van der Waals surface area contributed by atoms with Crippen LogP contribution in [0.25, 0.3) is 0 Å². The van der Waals surface area contributed by atoms with E-state index in [1.54, 1.807) is 20.8 Å². The summed E-state index contributed by atoms with van der Waals surface area (Å²) < 4.78 is 14.5. The number of esters is 3. The molecule has 0 spiro atoms. The van der Waals surface area contributed by atoms with Gasteiger partial charge >= 0.3 is 17.9 Å². The second-order valence-corrected chi connectivity index (χ2v) is 3.93. The predicted molar refractivity (Wildman–Crippen MR) is 62.6 cm³/mol. The Morgan fingerprint density at radius 2 is 1.44 bits per heavy atom. The second-order valence-electron chi connectivity index (χ2n) is 3.93. The molecular formula is C12H20O6. The maximum atomic E-state index is 11.4. The van der Waals surface area contributed by atoms with Gasteiger partial charge in [0.25, 0.3) is 0 Å². The van der Waals surface area contributed by atoms with Gasteiger partial charge in [0.05, 0.1) is 19.4 Å². The smallest absolute Gasteiger partial charge is 0.309 e. The molecule has 0 aliphatic rings. The van der Waals surface area contributed by atoms with Crippen molar-refractivity contribution in [2.24, 2.45) is 0 Å². The topological polar surface area (TPSA) is 78.9 Å². The summed E-state index contributed by atoms with van der Waals surface area (Å²) in [5.41, 5.74) is 0. The lowest BCUT2D eigenvalue weighted by molar-refractivity contribution is -0.157. The number of carbonyl (C=O) groups is 3. The van der Waals surface area contributed by atoms with Gasteiger partial charge in [0, 0.05) is 6.92 Å². The van der Waals surface area contributed by atoms with E-state index >= 15 is 0 Å². The van der Waals surface area contributed by atoms with E-state index in [0.29, 0.717) is 6.61 Å². The summed E-state index contributed by atoms with van der Waals surface area (Å²) in [6.45, 7) is 6.47. The van der Waals surface area contributed by atoms with E-state index in [1.807, 2.05) is 0 Å². The highest BCUT2D eigenvalue weighted by Crippen LogP contribution is 2.05. The third-order valence-electron chi connectivity index (χ3n) is 1.91. The summed E-state index contributed by atoms with van der Waals surface area (Å²) >= 11 is 0. The Balaban J connectivity index is 3.93. The highest BCUT2D eigenvalue weighted by atomic mass is 16.6. The molecule has 0 radical (unpaired) electrons. The fraction of sp³-hybridized carbons (Fsp3) is 0.750. The Bertz CT molecular complexity index is 299. The first-order valence-corrected chi connectivity index (χ1v) is 5.87. The fourth-order valence-corrected chi connectivity index (χ4v) is 1.33. The van der Waals surface area contributed by atoms with Gasteiger partial charge in [-0.15, -0.1) is 0 Å². The van der Waals surface area contributed by atoms with E-state index in [9.17, 15) is 14.4 Å². The molecule has 0 saturated carbocycles. The first-order valence-electron chi connectivity index (χ1n) is 5.87. The van der Waals surface area contributed by atoms with Gasteiger partial charge < -0.3 is 14.2 Å². The van der Waals surface area contributed by atoms with Gasteiger partial charge in [0.15, 0.2) is 0 Å². The molecule has 6 nitrogen and oxygen atoms in total. The molecule has 0 bridgehead atoms. The van der Waals surface area contributed by atoms with Gasteiger partial charge in [-0.25, -0.2) is 0 Å². The molecule has 18 heavy (non-hydrogen) atoms. The third kappa shape index (κ3) is 8.55. The number of rotatable bonds is 7. The lowest BCUT2D eigenvalue weighted by atomic mass is 10.2. The van der Waals surface area contributed by atoms with E-state index in [2.05, 4.69) is 0 Å². The van der Waals surface area contributed by atoms with Crippen molar-refractivity contribution in [3.05, 3.63) is 0 Å². The van der Waals surface area contributed by atoms with Crippen LogP contribution in [0.1, 0.15) is 40.5 Å². The van der Waals surface area contributed by atoms with Crippen molar-refractivity contribution in [3.63, 3.8) is 0 Å². The Hall–Kier alpha value is -1.59. The van der Waals surface area contributed by atoms with Crippen molar-refractivity contribution in [2.45, 2.75) is 52.7 Å². The van der Waals surface area contributed by atoms with E-state index in [-0.39, 0.29) is 12.8 Å². The SMILES string of the molecule is CCOC(=O)C[C@@H](C)OC(=O)C[C@@H](C)OC(C)=O. The molecule has 6 heteroatoms. The van der Waals surface area contributed by atoms with Gasteiger partial charge in [0.1, 0.15) is 12.2 Å². The average Bonchev–Trinajstić information content (AvgIpc) is 2.14. The molecule has 0 aromatic rings. The molecule has 0 N–H and O–H groups in total. The van der Waals surface area contributed by atoms with Crippen LogP contribution in [0.4, 0.5) is 0 Å². The number of hydrogen-bond donors (Lipinski definition) is 0. The second kappa shape index (κ2) is 8.49. The van der Waals surface area contributed by atoms with E-state index < -0.39 is 30.1 Å². The maximum absolute atomic E-state index is 11.4. The van der Waals surface area contributed by atoms with Gasteiger partial charge in [-0.05, 0) is 20.8 Å². The Morgan fingerprint density at radius 1 is 0.944 bits per heavy atom. The molecule has 0 saturated heterocycles. The Kier molecular flexibility index (Phi) is 7.74. The standard InChI is InChI=1S/C12H20O6/c1-5-16-11(14)6-9(3)18-12(15)7-8(2)17-10(4)13/h8-9H,5-7H2,1-4H3/t8-,9-/m1/s1. The average molecular weight is 260 g/mol. The first-order chi connectivity index (χ1) is 8.35. The summed E-state index contributed by atoms with van der Waals surface area (Å²) in [4.78, 5) is 33.2. The van der Waals surface area contributed by atoms with Crippen molar-refractivity contribution < 1.29 is 28.6 Å². The molecule has 0 heterocycles. The minimum absolute atomic E-state index is 0.0154. The van der Waals surface area contributed by atoms with E-state index in [4.69, 9.17) is 14.2 Å². The summed E-state index contributed by atoms with van der Waals surface area (Å²) in [6.07, 6.45) is -1.11. The molecule has 0 rings (SSSR count). The lowest BCUT2D eigenvalue weighted by Gasteiger charge is -2.15. The van der Waals surface area contributed by atoms with Crippen molar-refractivity contribution in [2.75, 3.05) is 6.61 Å². The van der Waals surface area contributed by atoms with E-state index in [0.717, 1.165) is 0 Å². The quantitative estimate of drug-likeness (QED) is 0.505. The van der Waals surface area contributed by atoms with Gasteiger partial charge in [-0.3, -0.25) is 14.4 Å². The van der Waals surface area contributed by atoms with Gasteiger partial charge in [-0.2, -0.15) is 0 Å². The zero-order chi connectivity index (χ0) is 14.1. The van der Waals surface area contributed by atoms with Crippen LogP contribution in [-0.4, -0.2) is 36.7 Å². The minimum atomic E-state index is -0.555. The Morgan fingerprint density at radius 3 is 1.94 bits per heavy atom. The van der Waals surface area contributed by atoms with Crippen LogP contribution in [0.15, 0.2) is 0 Å². The van der Waals surface area contributed by atoms with Crippen LogP contribution in [0.5, 0.6) is 0 Å². The summed E-state index contributed by atoms with van der Waals surface area (Å²) in [5.74, 6) is -1.37. The van der Waals surface area contributed by atoms with Crippen molar-refractivity contribution >= 4 is 17.9 Å². The summed E-state index contributed by atoms with van der Waals surface area (Å²) in [7, 11) is 0. The number of carbonyl (C=O) groups excluding carboxylic acids is 3. The van der Waals surface area contributed by atoms with Crippen LogP contribution >= 0.6 is 0 Å². The van der Waals surface area contributed by atoms with Crippen LogP contribution in [0.2, 0.25) is 0 Å². The van der Waals surface area contributed by atoms with Crippen LogP contribution in [0, 0.1) is 0 Å². The number of ether oxygens (including phenoxy) is 3. The fourth-order valence-electron chi connectivity index (χ4n) is 1.33. The summed E-state index contributed by atoms with van der Waals surface area (Å²) in [6, 6.07) is 0. The highest BCUT2D eigenvalue weighted by molar-refractivity contribution is 5.73. The van der Waals surface area contributed by atoms with Gasteiger partial charge in [0.2, 0.25) is 0 Å². The highest BCUT2D eigenvalue weighted by Gasteiger charge is 2.17.